The highest BCUT2D eigenvalue weighted by molar-refractivity contribution is 6.34. The van der Waals surface area contributed by atoms with E-state index in [2.05, 4.69) is 6.07 Å². The highest BCUT2D eigenvalue weighted by Gasteiger charge is 2.10. The molecule has 0 aliphatic heterocycles. The van der Waals surface area contributed by atoms with Crippen molar-refractivity contribution in [2.45, 2.75) is 6.92 Å². The van der Waals surface area contributed by atoms with Crippen LogP contribution in [0.3, 0.4) is 0 Å². The Balaban J connectivity index is 2.46. The molecule has 2 aromatic rings. The maximum atomic E-state index is 10.9. The van der Waals surface area contributed by atoms with E-state index in [1.165, 1.54) is 6.92 Å². The zero-order valence-corrected chi connectivity index (χ0v) is 9.99. The number of hydrogen-bond acceptors (Lipinski definition) is 2. The summed E-state index contributed by atoms with van der Waals surface area (Å²) in [6.45, 7) is 1.34. The van der Waals surface area contributed by atoms with Crippen LogP contribution in [0.5, 0.6) is 5.75 Å². The zero-order chi connectivity index (χ0) is 12.3. The van der Waals surface area contributed by atoms with Crippen LogP contribution in [0, 0.1) is 6.07 Å². The number of ether oxygens (including phenoxy) is 1. The zero-order valence-electron chi connectivity index (χ0n) is 9.24. The fourth-order valence-corrected chi connectivity index (χ4v) is 1.78. The molecule has 0 heterocycles. The van der Waals surface area contributed by atoms with E-state index in [1.807, 2.05) is 30.3 Å². The maximum Gasteiger partial charge on any atom is 0.308 e. The monoisotopic (exact) mass is 245 g/mol. The lowest BCUT2D eigenvalue weighted by Gasteiger charge is -2.08. The van der Waals surface area contributed by atoms with Crippen LogP contribution in [0.1, 0.15) is 6.92 Å². The highest BCUT2D eigenvalue weighted by atomic mass is 35.5. The Labute approximate surface area is 105 Å². The van der Waals surface area contributed by atoms with Crippen molar-refractivity contribution in [2.24, 2.45) is 0 Å². The predicted octanol–water partition coefficient (Wildman–Crippen LogP) is 3.73. The van der Waals surface area contributed by atoms with Gasteiger partial charge in [0.25, 0.3) is 0 Å². The Morgan fingerprint density at radius 1 is 1.24 bits per heavy atom. The summed E-state index contributed by atoms with van der Waals surface area (Å²) < 4.78 is 5.02. The number of benzene rings is 2. The second kappa shape index (κ2) is 5.02. The molecule has 2 rings (SSSR count). The molecule has 0 aliphatic carbocycles. The van der Waals surface area contributed by atoms with Crippen LogP contribution in [0.4, 0.5) is 0 Å². The summed E-state index contributed by atoms with van der Waals surface area (Å²) in [7, 11) is 0. The Morgan fingerprint density at radius 2 is 2.06 bits per heavy atom. The van der Waals surface area contributed by atoms with E-state index in [1.54, 1.807) is 12.1 Å². The van der Waals surface area contributed by atoms with E-state index >= 15 is 0 Å². The van der Waals surface area contributed by atoms with Crippen LogP contribution in [-0.4, -0.2) is 5.97 Å². The molecule has 2 nitrogen and oxygen atoms in total. The maximum absolute atomic E-state index is 10.9. The SMILES string of the molecule is CC(=O)Oc1cccc(-c2[c]cccc2)c1Cl. The second-order valence-corrected chi connectivity index (χ2v) is 3.87. The smallest absolute Gasteiger partial charge is 0.308 e. The van der Waals surface area contributed by atoms with Gasteiger partial charge in [0.05, 0.1) is 5.02 Å². The molecule has 0 bridgehead atoms. The van der Waals surface area contributed by atoms with Gasteiger partial charge in [0.15, 0.2) is 0 Å². The topological polar surface area (TPSA) is 26.3 Å². The molecule has 85 valence electrons. The van der Waals surface area contributed by atoms with Gasteiger partial charge >= 0.3 is 5.97 Å². The minimum atomic E-state index is -0.388. The lowest BCUT2D eigenvalue weighted by atomic mass is 10.1. The largest absolute Gasteiger partial charge is 0.425 e. The second-order valence-electron chi connectivity index (χ2n) is 3.49. The number of esters is 1. The molecule has 0 N–H and O–H groups in total. The minimum absolute atomic E-state index is 0.369. The molecule has 0 saturated carbocycles. The van der Waals surface area contributed by atoms with Crippen LogP contribution in [0.15, 0.2) is 42.5 Å². The van der Waals surface area contributed by atoms with Crippen molar-refractivity contribution in [3.63, 3.8) is 0 Å². The summed E-state index contributed by atoms with van der Waals surface area (Å²) >= 11 is 6.19. The van der Waals surface area contributed by atoms with Gasteiger partial charge in [-0.3, -0.25) is 4.79 Å². The number of rotatable bonds is 2. The van der Waals surface area contributed by atoms with Gasteiger partial charge in [-0.15, -0.1) is 0 Å². The van der Waals surface area contributed by atoms with Crippen molar-refractivity contribution in [1.82, 2.24) is 0 Å². The van der Waals surface area contributed by atoms with Gasteiger partial charge in [0.2, 0.25) is 0 Å². The molecule has 0 spiro atoms. The molecule has 0 amide bonds. The van der Waals surface area contributed by atoms with Gasteiger partial charge in [0, 0.05) is 12.5 Å². The molecular weight excluding hydrogens is 236 g/mol. The van der Waals surface area contributed by atoms with Crippen LogP contribution in [0.25, 0.3) is 11.1 Å². The van der Waals surface area contributed by atoms with Gasteiger partial charge in [-0.2, -0.15) is 0 Å². The van der Waals surface area contributed by atoms with Crippen molar-refractivity contribution in [1.29, 1.82) is 0 Å². The first-order valence-corrected chi connectivity index (χ1v) is 5.50. The molecule has 0 fully saturated rings. The molecule has 0 saturated heterocycles. The number of halogens is 1. The molecule has 0 atom stereocenters. The first kappa shape index (κ1) is 11.7. The first-order valence-electron chi connectivity index (χ1n) is 5.12. The van der Waals surface area contributed by atoms with Gasteiger partial charge in [-0.25, -0.2) is 0 Å². The van der Waals surface area contributed by atoms with Crippen molar-refractivity contribution in [3.05, 3.63) is 53.6 Å². The number of carbonyl (C=O) groups excluding carboxylic acids is 1. The van der Waals surface area contributed by atoms with Crippen LogP contribution in [0.2, 0.25) is 5.02 Å². The molecule has 0 aliphatic rings. The predicted molar refractivity (Wildman–Crippen MR) is 67.0 cm³/mol. The Morgan fingerprint density at radius 3 is 2.71 bits per heavy atom. The van der Waals surface area contributed by atoms with E-state index in [0.29, 0.717) is 10.8 Å². The van der Waals surface area contributed by atoms with E-state index in [4.69, 9.17) is 16.3 Å². The highest BCUT2D eigenvalue weighted by Crippen LogP contribution is 2.34. The number of carbonyl (C=O) groups is 1. The first-order chi connectivity index (χ1) is 8.18. The summed E-state index contributed by atoms with van der Waals surface area (Å²) in [5, 5.41) is 0.421. The summed E-state index contributed by atoms with van der Waals surface area (Å²) in [6.07, 6.45) is 0. The van der Waals surface area contributed by atoms with E-state index in [-0.39, 0.29) is 5.97 Å². The normalized spacial score (nSPS) is 10.0. The van der Waals surface area contributed by atoms with Crippen molar-refractivity contribution in [2.75, 3.05) is 0 Å². The molecule has 3 heteroatoms. The van der Waals surface area contributed by atoms with E-state index in [0.717, 1.165) is 11.1 Å². The quantitative estimate of drug-likeness (QED) is 0.595. The van der Waals surface area contributed by atoms with Gasteiger partial charge < -0.3 is 4.74 Å². The average Bonchev–Trinajstić information content (AvgIpc) is 2.32. The summed E-state index contributed by atoms with van der Waals surface area (Å²) in [4.78, 5) is 10.9. The Kier molecular flexibility index (Phi) is 3.45. The fourth-order valence-electron chi connectivity index (χ4n) is 1.51. The lowest BCUT2D eigenvalue weighted by molar-refractivity contribution is -0.131. The minimum Gasteiger partial charge on any atom is -0.425 e. The number of hydrogen-bond donors (Lipinski definition) is 0. The van der Waals surface area contributed by atoms with Gasteiger partial charge in [-0.1, -0.05) is 48.0 Å². The lowest BCUT2D eigenvalue weighted by Crippen LogP contribution is -2.02. The van der Waals surface area contributed by atoms with Crippen LogP contribution >= 0.6 is 11.6 Å². The summed E-state index contributed by atoms with van der Waals surface area (Å²) in [6, 6.07) is 15.9. The molecule has 0 unspecified atom stereocenters. The third-order valence-electron chi connectivity index (χ3n) is 2.22. The standard InChI is InChI=1S/C14H10ClO2/c1-10(16)17-13-9-5-8-12(14(13)15)11-6-3-2-4-7-11/h2-6,8-9H,1H3. The summed E-state index contributed by atoms with van der Waals surface area (Å²) in [5.74, 6) is -0.0185. The third kappa shape index (κ3) is 2.66. The fraction of sp³-hybridized carbons (Fsp3) is 0.0714. The molecular formula is C14H10ClO2. The van der Waals surface area contributed by atoms with Crippen LogP contribution < -0.4 is 4.74 Å². The van der Waals surface area contributed by atoms with Gasteiger partial charge in [-0.05, 0) is 17.7 Å². The molecule has 1 radical (unpaired) electrons. The van der Waals surface area contributed by atoms with Crippen molar-refractivity contribution >= 4 is 17.6 Å². The van der Waals surface area contributed by atoms with Crippen molar-refractivity contribution in [3.8, 4) is 16.9 Å². The van der Waals surface area contributed by atoms with E-state index < -0.39 is 0 Å². The van der Waals surface area contributed by atoms with Gasteiger partial charge in [0.1, 0.15) is 5.75 Å². The van der Waals surface area contributed by atoms with Crippen molar-refractivity contribution < 1.29 is 9.53 Å². The average molecular weight is 246 g/mol. The van der Waals surface area contributed by atoms with Crippen LogP contribution in [-0.2, 0) is 4.79 Å². The third-order valence-corrected chi connectivity index (χ3v) is 2.61. The Bertz CT molecular complexity index is 535. The molecule has 17 heavy (non-hydrogen) atoms. The molecule has 0 aromatic heterocycles. The van der Waals surface area contributed by atoms with E-state index in [9.17, 15) is 4.79 Å². The summed E-state index contributed by atoms with van der Waals surface area (Å²) in [5.41, 5.74) is 1.66. The molecule has 2 aromatic carbocycles. The Hall–Kier alpha value is -1.80.